The Balaban J connectivity index is 2.05. The lowest BCUT2D eigenvalue weighted by Gasteiger charge is -2.11. The summed E-state index contributed by atoms with van der Waals surface area (Å²) in [4.78, 5) is 12.8. The third-order valence-electron chi connectivity index (χ3n) is 2.75. The number of azo groups is 1. The monoisotopic (exact) mass is 283 g/mol. The van der Waals surface area contributed by atoms with Gasteiger partial charge in [-0.25, -0.2) is 0 Å². The number of benzene rings is 2. The largest absolute Gasteiger partial charge is 0.427 e. The fourth-order valence-electron chi connectivity index (χ4n) is 1.68. The van der Waals surface area contributed by atoms with Crippen LogP contribution in [-0.4, -0.2) is 20.1 Å². The van der Waals surface area contributed by atoms with E-state index in [0.29, 0.717) is 11.4 Å². The zero-order valence-electron chi connectivity index (χ0n) is 12.3. The highest BCUT2D eigenvalue weighted by Crippen LogP contribution is 2.23. The predicted octanol–water partition coefficient (Wildman–Crippen LogP) is 4.09. The summed E-state index contributed by atoms with van der Waals surface area (Å²) in [5, 5.41) is 8.31. The molecule has 0 amide bonds. The minimum Gasteiger partial charge on any atom is -0.427 e. The Morgan fingerprint density at radius 3 is 1.81 bits per heavy atom. The van der Waals surface area contributed by atoms with Gasteiger partial charge in [0, 0.05) is 26.7 Å². The van der Waals surface area contributed by atoms with Gasteiger partial charge in [-0.05, 0) is 48.5 Å². The van der Waals surface area contributed by atoms with Crippen molar-refractivity contribution >= 4 is 23.0 Å². The number of anilines is 1. The summed E-state index contributed by atoms with van der Waals surface area (Å²) >= 11 is 0. The highest BCUT2D eigenvalue weighted by atomic mass is 16.5. The molecular formula is C16H17N3O2. The molecule has 0 aromatic heterocycles. The molecule has 2 aromatic rings. The summed E-state index contributed by atoms with van der Waals surface area (Å²) in [5.74, 6) is 0.155. The van der Waals surface area contributed by atoms with Gasteiger partial charge >= 0.3 is 5.97 Å². The third kappa shape index (κ3) is 4.42. The maximum absolute atomic E-state index is 10.8. The zero-order valence-corrected chi connectivity index (χ0v) is 12.3. The Morgan fingerprint density at radius 1 is 0.905 bits per heavy atom. The zero-order chi connectivity index (χ0) is 15.2. The first-order valence-corrected chi connectivity index (χ1v) is 6.52. The van der Waals surface area contributed by atoms with Crippen molar-refractivity contribution < 1.29 is 9.53 Å². The lowest BCUT2D eigenvalue weighted by molar-refractivity contribution is -0.131. The molecule has 0 atom stereocenters. The summed E-state index contributed by atoms with van der Waals surface area (Å²) in [6.45, 7) is 1.37. The SMILES string of the molecule is CC(=O)Oc1ccc(N=Nc2ccc(N(C)C)cc2)cc1. The Morgan fingerprint density at radius 2 is 1.38 bits per heavy atom. The maximum Gasteiger partial charge on any atom is 0.308 e. The molecule has 108 valence electrons. The van der Waals surface area contributed by atoms with Crippen LogP contribution in [0.1, 0.15) is 6.92 Å². The Hall–Kier alpha value is -2.69. The van der Waals surface area contributed by atoms with Gasteiger partial charge in [-0.1, -0.05) is 0 Å². The minimum atomic E-state index is -0.342. The minimum absolute atomic E-state index is 0.342. The number of esters is 1. The van der Waals surface area contributed by atoms with Crippen LogP contribution in [0.25, 0.3) is 0 Å². The number of carbonyl (C=O) groups excluding carboxylic acids is 1. The molecule has 0 saturated carbocycles. The smallest absolute Gasteiger partial charge is 0.308 e. The fourth-order valence-corrected chi connectivity index (χ4v) is 1.68. The van der Waals surface area contributed by atoms with E-state index in [4.69, 9.17) is 4.74 Å². The van der Waals surface area contributed by atoms with Gasteiger partial charge in [-0.2, -0.15) is 10.2 Å². The third-order valence-corrected chi connectivity index (χ3v) is 2.75. The van der Waals surface area contributed by atoms with Crippen LogP contribution in [0.3, 0.4) is 0 Å². The van der Waals surface area contributed by atoms with E-state index in [-0.39, 0.29) is 5.97 Å². The van der Waals surface area contributed by atoms with E-state index in [9.17, 15) is 4.79 Å². The van der Waals surface area contributed by atoms with Crippen LogP contribution in [-0.2, 0) is 4.79 Å². The molecule has 5 nitrogen and oxygen atoms in total. The van der Waals surface area contributed by atoms with Crippen molar-refractivity contribution in [2.75, 3.05) is 19.0 Å². The van der Waals surface area contributed by atoms with Crippen LogP contribution >= 0.6 is 0 Å². The molecule has 0 aliphatic heterocycles. The average Bonchev–Trinajstić information content (AvgIpc) is 2.46. The van der Waals surface area contributed by atoms with Gasteiger partial charge in [0.1, 0.15) is 5.75 Å². The molecule has 0 N–H and O–H groups in total. The molecule has 0 saturated heterocycles. The number of hydrogen-bond donors (Lipinski definition) is 0. The molecule has 0 aliphatic carbocycles. The highest BCUT2D eigenvalue weighted by Gasteiger charge is 1.98. The molecule has 0 unspecified atom stereocenters. The van der Waals surface area contributed by atoms with Crippen molar-refractivity contribution in [3.63, 3.8) is 0 Å². The second-order valence-electron chi connectivity index (χ2n) is 4.70. The van der Waals surface area contributed by atoms with E-state index in [1.807, 2.05) is 43.3 Å². The van der Waals surface area contributed by atoms with E-state index in [1.165, 1.54) is 6.92 Å². The molecule has 0 spiro atoms. The first-order valence-electron chi connectivity index (χ1n) is 6.52. The highest BCUT2D eigenvalue weighted by molar-refractivity contribution is 5.69. The van der Waals surface area contributed by atoms with Crippen molar-refractivity contribution in [3.05, 3.63) is 48.5 Å². The second kappa shape index (κ2) is 6.65. The fraction of sp³-hybridized carbons (Fsp3) is 0.188. The lowest BCUT2D eigenvalue weighted by Crippen LogP contribution is -2.07. The van der Waals surface area contributed by atoms with Crippen LogP contribution in [0.4, 0.5) is 17.1 Å². The van der Waals surface area contributed by atoms with E-state index in [1.54, 1.807) is 24.3 Å². The van der Waals surface area contributed by atoms with Crippen molar-refractivity contribution in [2.45, 2.75) is 6.92 Å². The summed E-state index contributed by atoms with van der Waals surface area (Å²) in [7, 11) is 3.97. The van der Waals surface area contributed by atoms with Gasteiger partial charge < -0.3 is 9.64 Å². The summed E-state index contributed by atoms with van der Waals surface area (Å²) < 4.78 is 4.95. The summed E-state index contributed by atoms with van der Waals surface area (Å²) in [6, 6.07) is 14.6. The molecule has 2 aromatic carbocycles. The maximum atomic E-state index is 10.8. The van der Waals surface area contributed by atoms with Gasteiger partial charge in [0.15, 0.2) is 0 Å². The van der Waals surface area contributed by atoms with E-state index >= 15 is 0 Å². The van der Waals surface area contributed by atoms with Crippen LogP contribution in [0, 0.1) is 0 Å². The number of ether oxygens (including phenoxy) is 1. The van der Waals surface area contributed by atoms with Crippen LogP contribution < -0.4 is 9.64 Å². The molecule has 0 bridgehead atoms. The van der Waals surface area contributed by atoms with Crippen LogP contribution in [0.15, 0.2) is 58.8 Å². The average molecular weight is 283 g/mol. The van der Waals surface area contributed by atoms with Crippen molar-refractivity contribution in [1.29, 1.82) is 0 Å². The number of hydrogen-bond acceptors (Lipinski definition) is 5. The molecule has 2 rings (SSSR count). The Bertz CT molecular complexity index is 632. The van der Waals surface area contributed by atoms with Crippen LogP contribution in [0.5, 0.6) is 5.75 Å². The van der Waals surface area contributed by atoms with Gasteiger partial charge in [0.2, 0.25) is 0 Å². The molecule has 21 heavy (non-hydrogen) atoms. The normalized spacial score (nSPS) is 10.6. The Labute approximate surface area is 123 Å². The van der Waals surface area contributed by atoms with Crippen molar-refractivity contribution in [1.82, 2.24) is 0 Å². The van der Waals surface area contributed by atoms with Gasteiger partial charge in [-0.3, -0.25) is 4.79 Å². The van der Waals surface area contributed by atoms with E-state index < -0.39 is 0 Å². The van der Waals surface area contributed by atoms with Crippen molar-refractivity contribution in [3.8, 4) is 5.75 Å². The van der Waals surface area contributed by atoms with Gasteiger partial charge in [0.05, 0.1) is 11.4 Å². The molecule has 0 heterocycles. The van der Waals surface area contributed by atoms with Gasteiger partial charge in [-0.15, -0.1) is 0 Å². The number of rotatable bonds is 4. The predicted molar refractivity (Wildman–Crippen MR) is 82.7 cm³/mol. The number of carbonyl (C=O) groups is 1. The number of nitrogens with zero attached hydrogens (tertiary/aromatic N) is 3. The molecule has 0 aliphatic rings. The van der Waals surface area contributed by atoms with E-state index in [0.717, 1.165) is 11.4 Å². The first kappa shape index (κ1) is 14.7. The summed E-state index contributed by atoms with van der Waals surface area (Å²) in [5.41, 5.74) is 2.59. The topological polar surface area (TPSA) is 54.3 Å². The van der Waals surface area contributed by atoms with Gasteiger partial charge in [0.25, 0.3) is 0 Å². The molecule has 0 radical (unpaired) electrons. The Kier molecular flexibility index (Phi) is 4.66. The molecule has 5 heteroatoms. The lowest BCUT2D eigenvalue weighted by atomic mass is 10.3. The van der Waals surface area contributed by atoms with Crippen molar-refractivity contribution in [2.24, 2.45) is 10.2 Å². The van der Waals surface area contributed by atoms with E-state index in [2.05, 4.69) is 10.2 Å². The van der Waals surface area contributed by atoms with Crippen LogP contribution in [0.2, 0.25) is 0 Å². The molecular weight excluding hydrogens is 266 g/mol. The molecule has 0 fully saturated rings. The quantitative estimate of drug-likeness (QED) is 0.482. The standard InChI is InChI=1S/C16H17N3O2/c1-12(20)21-16-10-6-14(7-11-16)18-17-13-4-8-15(9-5-13)19(2)3/h4-11H,1-3H3. The second-order valence-corrected chi connectivity index (χ2v) is 4.70. The first-order chi connectivity index (χ1) is 10.0. The summed E-state index contributed by atoms with van der Waals surface area (Å²) in [6.07, 6.45) is 0.